The highest BCUT2D eigenvalue weighted by atomic mass is 16.5. The largest absolute Gasteiger partial charge is 0.368 e. The molecule has 0 radical (unpaired) electrons. The van der Waals surface area contributed by atoms with E-state index in [-0.39, 0.29) is 12.0 Å². The van der Waals surface area contributed by atoms with Crippen molar-refractivity contribution in [3.05, 3.63) is 65.6 Å². The second-order valence-electron chi connectivity index (χ2n) is 6.46. The first-order valence-corrected chi connectivity index (χ1v) is 9.06. The quantitative estimate of drug-likeness (QED) is 0.687. The molecule has 1 aromatic carbocycles. The fraction of sp³-hybridized carbons (Fsp3) is 0.368. The summed E-state index contributed by atoms with van der Waals surface area (Å²) in [4.78, 5) is 16.7. The van der Waals surface area contributed by atoms with Crippen LogP contribution in [0, 0.1) is 0 Å². The molecular weight excluding hydrogens is 346 g/mol. The number of rotatable bonds is 7. The molecule has 1 N–H and O–H groups in total. The Morgan fingerprint density at radius 3 is 3.11 bits per heavy atom. The average molecular weight is 367 g/mol. The van der Waals surface area contributed by atoms with Crippen molar-refractivity contribution in [3.8, 4) is 0 Å². The van der Waals surface area contributed by atoms with Crippen molar-refractivity contribution in [1.29, 1.82) is 0 Å². The number of nitrogens with zero attached hydrogens (tertiary/aromatic N) is 4. The van der Waals surface area contributed by atoms with Gasteiger partial charge in [0.2, 0.25) is 0 Å². The van der Waals surface area contributed by atoms with Crippen LogP contribution in [0.4, 0.5) is 0 Å². The molecule has 0 unspecified atom stereocenters. The third kappa shape index (κ3) is 4.40. The zero-order chi connectivity index (χ0) is 18.5. The van der Waals surface area contributed by atoms with E-state index < -0.39 is 0 Å². The molecule has 8 heteroatoms. The van der Waals surface area contributed by atoms with Crippen molar-refractivity contribution in [3.63, 3.8) is 0 Å². The minimum absolute atomic E-state index is 0.0848. The number of amides is 1. The first kappa shape index (κ1) is 17.4. The Bertz CT molecular complexity index is 884. The maximum absolute atomic E-state index is 12.4. The Kier molecular flexibility index (Phi) is 5.24. The Balaban J connectivity index is 1.29. The maximum Gasteiger partial charge on any atom is 0.255 e. The van der Waals surface area contributed by atoms with Gasteiger partial charge in [0.1, 0.15) is 6.10 Å². The Morgan fingerprint density at radius 1 is 1.33 bits per heavy atom. The third-order valence-electron chi connectivity index (χ3n) is 4.42. The minimum atomic E-state index is -0.125. The molecule has 0 bridgehead atoms. The van der Waals surface area contributed by atoms with Crippen molar-refractivity contribution in [2.75, 3.05) is 13.2 Å². The van der Waals surface area contributed by atoms with Gasteiger partial charge in [0.05, 0.1) is 6.54 Å². The van der Waals surface area contributed by atoms with Crippen LogP contribution in [-0.4, -0.2) is 39.0 Å². The molecule has 8 nitrogen and oxygen atoms in total. The fourth-order valence-electron chi connectivity index (χ4n) is 3.05. The number of aromatic nitrogens is 4. The number of benzene rings is 1. The van der Waals surface area contributed by atoms with Gasteiger partial charge in [-0.15, -0.1) is 0 Å². The summed E-state index contributed by atoms with van der Waals surface area (Å²) in [5.41, 5.74) is 1.64. The summed E-state index contributed by atoms with van der Waals surface area (Å²) in [7, 11) is 0. The number of hydrogen-bond acceptors (Lipinski definition) is 6. The van der Waals surface area contributed by atoms with E-state index in [0.29, 0.717) is 36.8 Å². The van der Waals surface area contributed by atoms with E-state index in [9.17, 15) is 4.79 Å². The molecule has 0 saturated carbocycles. The van der Waals surface area contributed by atoms with Crippen LogP contribution in [0.2, 0.25) is 0 Å². The molecule has 4 rings (SSSR count). The van der Waals surface area contributed by atoms with Crippen LogP contribution in [0.15, 0.2) is 47.2 Å². The number of nitrogens with one attached hydrogen (secondary N) is 1. The van der Waals surface area contributed by atoms with Crippen molar-refractivity contribution in [1.82, 2.24) is 25.2 Å². The minimum Gasteiger partial charge on any atom is -0.368 e. The summed E-state index contributed by atoms with van der Waals surface area (Å²) in [6, 6.07) is 9.40. The summed E-state index contributed by atoms with van der Waals surface area (Å²) in [6.45, 7) is 1.80. The first-order valence-electron chi connectivity index (χ1n) is 9.06. The van der Waals surface area contributed by atoms with E-state index >= 15 is 0 Å². The number of carbonyl (C=O) groups excluding carboxylic acids is 1. The molecule has 3 aromatic rings. The Hall–Kier alpha value is -3.00. The van der Waals surface area contributed by atoms with Crippen molar-refractivity contribution < 1.29 is 14.1 Å². The molecule has 3 heterocycles. The maximum atomic E-state index is 12.4. The van der Waals surface area contributed by atoms with E-state index in [1.165, 1.54) is 0 Å². The lowest BCUT2D eigenvalue weighted by atomic mass is 10.1. The molecule has 1 aliphatic rings. The van der Waals surface area contributed by atoms with Crippen molar-refractivity contribution >= 4 is 5.91 Å². The summed E-state index contributed by atoms with van der Waals surface area (Å²) in [5, 5.41) is 11.0. The lowest BCUT2D eigenvalue weighted by Crippen LogP contribution is -2.26. The zero-order valence-electron chi connectivity index (χ0n) is 14.9. The van der Waals surface area contributed by atoms with Gasteiger partial charge in [-0.05, 0) is 36.6 Å². The van der Waals surface area contributed by atoms with Gasteiger partial charge in [-0.25, -0.2) is 0 Å². The monoisotopic (exact) mass is 367 g/mol. The standard InChI is InChI=1S/C19H21N5O3/c25-18(15-5-1-4-14(12-15)13-24-10-3-8-21-24)20-9-7-17-22-19(27-23-17)16-6-2-11-26-16/h1,3-5,8,10,12,16H,2,6-7,9,11,13H2,(H,20,25)/t16-/m1/s1. The SMILES string of the molecule is O=C(NCCc1noc([C@H]2CCCO2)n1)c1cccc(Cn2cccn2)c1. The van der Waals surface area contributed by atoms with Gasteiger partial charge in [-0.1, -0.05) is 17.3 Å². The van der Waals surface area contributed by atoms with E-state index in [2.05, 4.69) is 20.6 Å². The Morgan fingerprint density at radius 2 is 2.30 bits per heavy atom. The van der Waals surface area contributed by atoms with Crippen LogP contribution in [0.1, 0.15) is 46.6 Å². The van der Waals surface area contributed by atoms with Crippen LogP contribution >= 0.6 is 0 Å². The second-order valence-corrected chi connectivity index (χ2v) is 6.46. The fourth-order valence-corrected chi connectivity index (χ4v) is 3.05. The van der Waals surface area contributed by atoms with Crippen LogP contribution < -0.4 is 5.32 Å². The van der Waals surface area contributed by atoms with Gasteiger partial charge < -0.3 is 14.6 Å². The summed E-state index contributed by atoms with van der Waals surface area (Å²) in [6.07, 6.45) is 5.97. The predicted octanol–water partition coefficient (Wildman–Crippen LogP) is 2.14. The molecule has 0 aliphatic carbocycles. The highest BCUT2D eigenvalue weighted by Gasteiger charge is 2.23. The molecule has 1 atom stereocenters. The van der Waals surface area contributed by atoms with Gasteiger partial charge in [0.15, 0.2) is 5.82 Å². The summed E-state index contributed by atoms with van der Waals surface area (Å²) >= 11 is 0. The van der Waals surface area contributed by atoms with Gasteiger partial charge in [0, 0.05) is 37.5 Å². The van der Waals surface area contributed by atoms with E-state index in [0.717, 1.165) is 25.0 Å². The second kappa shape index (κ2) is 8.13. The van der Waals surface area contributed by atoms with Crippen LogP contribution in [0.5, 0.6) is 0 Å². The Labute approximate surface area is 156 Å². The van der Waals surface area contributed by atoms with E-state index in [4.69, 9.17) is 9.26 Å². The number of hydrogen-bond donors (Lipinski definition) is 1. The smallest absolute Gasteiger partial charge is 0.255 e. The zero-order valence-corrected chi connectivity index (χ0v) is 14.9. The first-order chi connectivity index (χ1) is 13.3. The molecule has 2 aromatic heterocycles. The molecule has 1 aliphatic heterocycles. The molecule has 140 valence electrons. The van der Waals surface area contributed by atoms with Gasteiger partial charge in [0.25, 0.3) is 11.8 Å². The topological polar surface area (TPSA) is 95.1 Å². The molecule has 0 spiro atoms. The van der Waals surface area contributed by atoms with Crippen LogP contribution in [0.25, 0.3) is 0 Å². The van der Waals surface area contributed by atoms with Crippen molar-refractivity contribution in [2.24, 2.45) is 0 Å². The van der Waals surface area contributed by atoms with Crippen LogP contribution in [-0.2, 0) is 17.7 Å². The average Bonchev–Trinajstić information content (AvgIpc) is 3.44. The number of carbonyl (C=O) groups is 1. The number of ether oxygens (including phenoxy) is 1. The third-order valence-corrected chi connectivity index (χ3v) is 4.42. The van der Waals surface area contributed by atoms with E-state index in [1.807, 2.05) is 35.1 Å². The lowest BCUT2D eigenvalue weighted by molar-refractivity contribution is 0.0835. The van der Waals surface area contributed by atoms with E-state index in [1.54, 1.807) is 12.3 Å². The highest BCUT2D eigenvalue weighted by Crippen LogP contribution is 2.26. The molecule has 27 heavy (non-hydrogen) atoms. The summed E-state index contributed by atoms with van der Waals surface area (Å²) in [5.74, 6) is 0.980. The van der Waals surface area contributed by atoms with Gasteiger partial charge >= 0.3 is 0 Å². The van der Waals surface area contributed by atoms with Crippen molar-refractivity contribution in [2.45, 2.75) is 31.9 Å². The van der Waals surface area contributed by atoms with Gasteiger partial charge in [-0.3, -0.25) is 9.48 Å². The highest BCUT2D eigenvalue weighted by molar-refractivity contribution is 5.94. The molecule has 1 saturated heterocycles. The van der Waals surface area contributed by atoms with Gasteiger partial charge in [-0.2, -0.15) is 10.1 Å². The molecule has 1 amide bonds. The molecule has 1 fully saturated rings. The van der Waals surface area contributed by atoms with Crippen LogP contribution in [0.3, 0.4) is 0 Å². The predicted molar refractivity (Wildman–Crippen MR) is 96.0 cm³/mol. The lowest BCUT2D eigenvalue weighted by Gasteiger charge is -2.06. The molecular formula is C19H21N5O3. The normalized spacial score (nSPS) is 16.5. The summed E-state index contributed by atoms with van der Waals surface area (Å²) < 4.78 is 12.6.